The van der Waals surface area contributed by atoms with E-state index in [1.54, 1.807) is 36.3 Å². The topological polar surface area (TPSA) is 97.0 Å². The molecule has 3 amide bonds. The number of piperidine rings is 1. The largest absolute Gasteiger partial charge is 0.496 e. The molecule has 2 aromatic rings. The van der Waals surface area contributed by atoms with Crippen molar-refractivity contribution in [3.8, 4) is 11.5 Å². The summed E-state index contributed by atoms with van der Waals surface area (Å²) in [5.41, 5.74) is 6.27. The second-order valence-electron chi connectivity index (χ2n) is 8.91. The first-order chi connectivity index (χ1) is 16.8. The summed E-state index contributed by atoms with van der Waals surface area (Å²) in [7, 11) is 1.58. The van der Waals surface area contributed by atoms with Crippen LogP contribution in [0.3, 0.4) is 0 Å². The second kappa shape index (κ2) is 12.2. The van der Waals surface area contributed by atoms with Crippen molar-refractivity contribution < 1.29 is 23.9 Å². The smallest absolute Gasteiger partial charge is 0.269 e. The number of amides is 3. The quantitative estimate of drug-likeness (QED) is 0.527. The summed E-state index contributed by atoms with van der Waals surface area (Å²) in [5.74, 6) is -0.00586. The van der Waals surface area contributed by atoms with Gasteiger partial charge in [0.15, 0.2) is 0 Å². The lowest BCUT2D eigenvalue weighted by Crippen LogP contribution is -2.51. The summed E-state index contributed by atoms with van der Waals surface area (Å²) in [5, 5.41) is 0. The number of nitrogens with one attached hydrogen (secondary N) is 2. The van der Waals surface area contributed by atoms with Crippen LogP contribution in [0.15, 0.2) is 48.5 Å². The first kappa shape index (κ1) is 26.1. The monoisotopic (exact) mass is 481 g/mol. The lowest BCUT2D eigenvalue weighted by molar-refractivity contribution is -0.143. The number of methoxy groups -OCH3 is 1. The minimum absolute atomic E-state index is 0.0196. The van der Waals surface area contributed by atoms with E-state index >= 15 is 0 Å². The Hall–Kier alpha value is -3.55. The molecule has 0 saturated carbocycles. The summed E-state index contributed by atoms with van der Waals surface area (Å²) in [6.07, 6.45) is 2.45. The highest BCUT2D eigenvalue weighted by atomic mass is 16.5. The Labute approximate surface area is 206 Å². The molecule has 2 unspecified atom stereocenters. The molecule has 2 aromatic carbocycles. The van der Waals surface area contributed by atoms with Crippen molar-refractivity contribution in [2.45, 2.75) is 58.6 Å². The van der Waals surface area contributed by atoms with Crippen LogP contribution in [0.1, 0.15) is 68.4 Å². The highest BCUT2D eigenvalue weighted by molar-refractivity contribution is 5.96. The number of hydrazine groups is 1. The predicted molar refractivity (Wildman–Crippen MR) is 133 cm³/mol. The lowest BCUT2D eigenvalue weighted by atomic mass is 9.83. The molecule has 0 bridgehead atoms. The molecule has 0 radical (unpaired) electrons. The van der Waals surface area contributed by atoms with Crippen LogP contribution in [0.25, 0.3) is 0 Å². The van der Waals surface area contributed by atoms with Crippen LogP contribution < -0.4 is 20.3 Å². The van der Waals surface area contributed by atoms with E-state index in [0.717, 1.165) is 18.4 Å². The Morgan fingerprint density at radius 2 is 1.80 bits per heavy atom. The van der Waals surface area contributed by atoms with Gasteiger partial charge in [0.2, 0.25) is 11.8 Å². The van der Waals surface area contributed by atoms with E-state index in [4.69, 9.17) is 9.47 Å². The second-order valence-corrected chi connectivity index (χ2v) is 8.91. The van der Waals surface area contributed by atoms with E-state index in [9.17, 15) is 14.4 Å². The third kappa shape index (κ3) is 6.53. The fourth-order valence-corrected chi connectivity index (χ4v) is 4.36. The minimum Gasteiger partial charge on any atom is -0.496 e. The number of hydrogen-bond donors (Lipinski definition) is 2. The third-order valence-corrected chi connectivity index (χ3v) is 6.04. The van der Waals surface area contributed by atoms with Crippen molar-refractivity contribution in [2.75, 3.05) is 13.7 Å². The van der Waals surface area contributed by atoms with Gasteiger partial charge in [-0.3, -0.25) is 25.2 Å². The van der Waals surface area contributed by atoms with Crippen molar-refractivity contribution in [3.05, 3.63) is 59.7 Å². The number of unbranched alkanes of at least 4 members (excludes halogenated alkanes) is 1. The van der Waals surface area contributed by atoms with Gasteiger partial charge in [-0.1, -0.05) is 31.5 Å². The highest BCUT2D eigenvalue weighted by Gasteiger charge is 2.41. The fraction of sp³-hybridized carbons (Fsp3) is 0.444. The lowest BCUT2D eigenvalue weighted by Gasteiger charge is -2.41. The molecular weight excluding hydrogens is 446 g/mol. The van der Waals surface area contributed by atoms with E-state index in [1.807, 2.05) is 38.1 Å². The summed E-state index contributed by atoms with van der Waals surface area (Å²) in [4.78, 5) is 40.6. The third-order valence-electron chi connectivity index (χ3n) is 6.04. The molecule has 1 saturated heterocycles. The molecule has 35 heavy (non-hydrogen) atoms. The SMILES string of the molecule is CCCCN1C(=O)CCC(C(=O)NNC(=O)c2ccc(OC(C)C)cc2)C1c1ccccc1OC. The van der Waals surface area contributed by atoms with Crippen LogP contribution in [0.2, 0.25) is 0 Å². The van der Waals surface area contributed by atoms with Gasteiger partial charge < -0.3 is 14.4 Å². The number of carbonyl (C=O) groups excluding carboxylic acids is 3. The van der Waals surface area contributed by atoms with Crippen molar-refractivity contribution >= 4 is 17.7 Å². The van der Waals surface area contributed by atoms with Crippen LogP contribution >= 0.6 is 0 Å². The zero-order valence-electron chi connectivity index (χ0n) is 20.9. The number of nitrogens with zero attached hydrogens (tertiary/aromatic N) is 1. The molecule has 1 aliphatic heterocycles. The normalized spacial score (nSPS) is 17.7. The Balaban J connectivity index is 1.76. The van der Waals surface area contributed by atoms with Gasteiger partial charge in [-0.25, -0.2) is 0 Å². The maximum absolute atomic E-state index is 13.3. The van der Waals surface area contributed by atoms with Gasteiger partial charge in [0.05, 0.1) is 25.2 Å². The summed E-state index contributed by atoms with van der Waals surface area (Å²) in [6, 6.07) is 13.7. The summed E-state index contributed by atoms with van der Waals surface area (Å²) in [6.45, 7) is 6.47. The first-order valence-corrected chi connectivity index (χ1v) is 12.1. The molecule has 2 atom stereocenters. The molecule has 8 heteroatoms. The molecule has 188 valence electrons. The number of hydrogen-bond acceptors (Lipinski definition) is 5. The zero-order chi connectivity index (χ0) is 25.4. The molecule has 2 N–H and O–H groups in total. The van der Waals surface area contributed by atoms with Crippen LogP contribution in [-0.2, 0) is 9.59 Å². The van der Waals surface area contributed by atoms with Gasteiger partial charge in [0, 0.05) is 24.1 Å². The maximum Gasteiger partial charge on any atom is 0.269 e. The average molecular weight is 482 g/mol. The zero-order valence-corrected chi connectivity index (χ0v) is 20.9. The Morgan fingerprint density at radius 3 is 2.46 bits per heavy atom. The number of likely N-dealkylation sites (tertiary alicyclic amines) is 1. The predicted octanol–water partition coefficient (Wildman–Crippen LogP) is 4.02. The Morgan fingerprint density at radius 1 is 1.09 bits per heavy atom. The molecule has 1 aliphatic rings. The standard InChI is InChI=1S/C27H35N3O5/c1-5-6-17-30-24(31)16-15-22(25(30)21-9-7-8-10-23(21)34-4)27(33)29-28-26(32)19-11-13-20(14-12-19)35-18(2)3/h7-14,18,22,25H,5-6,15-17H2,1-4H3,(H,28,32)(H,29,33). The average Bonchev–Trinajstić information content (AvgIpc) is 2.86. The van der Waals surface area contributed by atoms with E-state index < -0.39 is 17.9 Å². The molecule has 1 heterocycles. The fourth-order valence-electron chi connectivity index (χ4n) is 4.36. The molecule has 0 spiro atoms. The van der Waals surface area contributed by atoms with Crippen molar-refractivity contribution in [2.24, 2.45) is 5.92 Å². The molecule has 3 rings (SSSR count). The molecular formula is C27H35N3O5. The molecule has 1 fully saturated rings. The van der Waals surface area contributed by atoms with Crippen LogP contribution in [0, 0.1) is 5.92 Å². The van der Waals surface area contributed by atoms with Gasteiger partial charge in [-0.05, 0) is 57.0 Å². The van der Waals surface area contributed by atoms with Gasteiger partial charge in [0.1, 0.15) is 11.5 Å². The van der Waals surface area contributed by atoms with Crippen LogP contribution in [0.4, 0.5) is 0 Å². The van der Waals surface area contributed by atoms with Crippen molar-refractivity contribution in [1.29, 1.82) is 0 Å². The van der Waals surface area contributed by atoms with Gasteiger partial charge in [-0.15, -0.1) is 0 Å². The number of benzene rings is 2. The van der Waals surface area contributed by atoms with E-state index in [1.165, 1.54) is 0 Å². The first-order valence-electron chi connectivity index (χ1n) is 12.1. The van der Waals surface area contributed by atoms with E-state index in [0.29, 0.717) is 30.0 Å². The van der Waals surface area contributed by atoms with Crippen molar-refractivity contribution in [1.82, 2.24) is 15.8 Å². The number of ether oxygens (including phenoxy) is 2. The van der Waals surface area contributed by atoms with Gasteiger partial charge in [0.25, 0.3) is 5.91 Å². The van der Waals surface area contributed by atoms with Crippen LogP contribution in [0.5, 0.6) is 11.5 Å². The van der Waals surface area contributed by atoms with E-state index in [-0.39, 0.29) is 24.3 Å². The molecule has 0 aliphatic carbocycles. The summed E-state index contributed by atoms with van der Waals surface area (Å²) >= 11 is 0. The minimum atomic E-state index is -0.539. The maximum atomic E-state index is 13.3. The van der Waals surface area contributed by atoms with Gasteiger partial charge >= 0.3 is 0 Å². The number of para-hydroxylation sites is 1. The Bertz CT molecular complexity index is 1020. The number of carbonyl (C=O) groups is 3. The van der Waals surface area contributed by atoms with E-state index in [2.05, 4.69) is 17.8 Å². The van der Waals surface area contributed by atoms with Gasteiger partial charge in [-0.2, -0.15) is 0 Å². The molecule has 8 nitrogen and oxygen atoms in total. The van der Waals surface area contributed by atoms with Crippen LogP contribution in [-0.4, -0.2) is 42.4 Å². The molecule has 0 aromatic heterocycles. The Kier molecular flexibility index (Phi) is 9.11. The number of rotatable bonds is 9. The summed E-state index contributed by atoms with van der Waals surface area (Å²) < 4.78 is 11.2. The highest BCUT2D eigenvalue weighted by Crippen LogP contribution is 2.40. The van der Waals surface area contributed by atoms with Crippen molar-refractivity contribution in [3.63, 3.8) is 0 Å².